The molecule has 7 heteroatoms. The van der Waals surface area contributed by atoms with Crippen LogP contribution in [0.1, 0.15) is 11.3 Å². The number of hydrogen-bond donors (Lipinski definition) is 1. The van der Waals surface area contributed by atoms with Crippen molar-refractivity contribution in [2.24, 2.45) is 7.05 Å². The fourth-order valence-corrected chi connectivity index (χ4v) is 1.94. The second-order valence-electron chi connectivity index (χ2n) is 3.60. The molecule has 1 N–H and O–H groups in total. The van der Waals surface area contributed by atoms with Crippen LogP contribution < -0.4 is 5.32 Å². The first-order valence-electron chi connectivity index (χ1n) is 4.97. The number of aromatic nitrogens is 4. The van der Waals surface area contributed by atoms with E-state index < -0.39 is 0 Å². The van der Waals surface area contributed by atoms with E-state index in [4.69, 9.17) is 11.6 Å². The predicted molar refractivity (Wildman–Crippen MR) is 70.0 cm³/mol. The molecule has 0 aliphatic carbocycles. The summed E-state index contributed by atoms with van der Waals surface area (Å²) in [4.78, 5) is 7.96. The first kappa shape index (κ1) is 12.3. The molecule has 0 atom stereocenters. The molecule has 17 heavy (non-hydrogen) atoms. The van der Waals surface area contributed by atoms with Gasteiger partial charge in [0.15, 0.2) is 0 Å². The van der Waals surface area contributed by atoms with Gasteiger partial charge in [-0.1, -0.05) is 0 Å². The summed E-state index contributed by atoms with van der Waals surface area (Å²) in [5.41, 5.74) is 2.12. The Morgan fingerprint density at radius 3 is 2.94 bits per heavy atom. The van der Waals surface area contributed by atoms with Crippen LogP contribution in [0.25, 0.3) is 0 Å². The number of nitrogens with zero attached hydrogens (tertiary/aromatic N) is 4. The van der Waals surface area contributed by atoms with Gasteiger partial charge in [0.1, 0.15) is 5.82 Å². The van der Waals surface area contributed by atoms with E-state index in [1.165, 1.54) is 0 Å². The summed E-state index contributed by atoms with van der Waals surface area (Å²) in [6.07, 6.45) is 3.59. The average molecular weight is 317 g/mol. The van der Waals surface area contributed by atoms with Crippen LogP contribution in [-0.2, 0) is 13.6 Å². The largest absolute Gasteiger partial charge is 0.365 e. The van der Waals surface area contributed by atoms with Crippen molar-refractivity contribution < 1.29 is 0 Å². The quantitative estimate of drug-likeness (QED) is 0.884. The molecular formula is C10H11BrClN5. The first-order valence-corrected chi connectivity index (χ1v) is 6.14. The maximum Gasteiger partial charge on any atom is 0.224 e. The molecule has 0 aromatic carbocycles. The topological polar surface area (TPSA) is 55.6 Å². The van der Waals surface area contributed by atoms with Crippen LogP contribution in [0.3, 0.4) is 0 Å². The Bertz CT molecular complexity index is 539. The Kier molecular flexibility index (Phi) is 3.63. The predicted octanol–water partition coefficient (Wildman–Crippen LogP) is 2.55. The zero-order valence-electron chi connectivity index (χ0n) is 9.41. The van der Waals surface area contributed by atoms with E-state index >= 15 is 0 Å². The van der Waals surface area contributed by atoms with Crippen molar-refractivity contribution in [3.63, 3.8) is 0 Å². The van der Waals surface area contributed by atoms with Crippen molar-refractivity contribution in [1.82, 2.24) is 19.7 Å². The number of aryl methyl sites for hydroxylation is 2. The standard InChI is InChI=1S/C10H11BrClN5/c1-6-7(5-17(2)16-6)3-13-9-8(11)4-14-10(12)15-9/h4-5H,3H2,1-2H3,(H,13,14,15). The van der Waals surface area contributed by atoms with E-state index in [1.807, 2.05) is 20.2 Å². The maximum atomic E-state index is 5.73. The average Bonchev–Trinajstić information content (AvgIpc) is 2.59. The fraction of sp³-hybridized carbons (Fsp3) is 0.300. The molecule has 0 amide bonds. The smallest absolute Gasteiger partial charge is 0.224 e. The van der Waals surface area contributed by atoms with Crippen LogP contribution in [-0.4, -0.2) is 19.7 Å². The summed E-state index contributed by atoms with van der Waals surface area (Å²) in [5, 5.41) is 7.68. The van der Waals surface area contributed by atoms with Crippen LogP contribution in [0.4, 0.5) is 5.82 Å². The lowest BCUT2D eigenvalue weighted by Gasteiger charge is -2.06. The highest BCUT2D eigenvalue weighted by Crippen LogP contribution is 2.21. The molecule has 0 radical (unpaired) electrons. The minimum atomic E-state index is 0.221. The van der Waals surface area contributed by atoms with Gasteiger partial charge < -0.3 is 5.32 Å². The number of halogens is 2. The summed E-state index contributed by atoms with van der Waals surface area (Å²) < 4.78 is 2.57. The van der Waals surface area contributed by atoms with Gasteiger partial charge in [-0.25, -0.2) is 4.98 Å². The number of rotatable bonds is 3. The molecule has 0 fully saturated rings. The molecule has 2 aromatic heterocycles. The van der Waals surface area contributed by atoms with Crippen LogP contribution in [0, 0.1) is 6.92 Å². The molecule has 90 valence electrons. The minimum absolute atomic E-state index is 0.221. The van der Waals surface area contributed by atoms with Crippen LogP contribution in [0.2, 0.25) is 5.28 Å². The van der Waals surface area contributed by atoms with Crippen molar-refractivity contribution in [3.8, 4) is 0 Å². The molecule has 2 aromatic rings. The van der Waals surface area contributed by atoms with Gasteiger partial charge in [0.2, 0.25) is 5.28 Å². The lowest BCUT2D eigenvalue weighted by Crippen LogP contribution is -2.03. The van der Waals surface area contributed by atoms with Crippen LogP contribution >= 0.6 is 27.5 Å². The second-order valence-corrected chi connectivity index (χ2v) is 4.79. The lowest BCUT2D eigenvalue weighted by atomic mass is 10.2. The van der Waals surface area contributed by atoms with E-state index in [2.05, 4.69) is 36.3 Å². The zero-order chi connectivity index (χ0) is 12.4. The summed E-state index contributed by atoms with van der Waals surface area (Å²) in [6.45, 7) is 2.62. The molecule has 0 aliphatic rings. The molecule has 0 aliphatic heterocycles. The molecule has 0 saturated heterocycles. The number of anilines is 1. The Hall–Kier alpha value is -1.14. The van der Waals surface area contributed by atoms with E-state index in [0.29, 0.717) is 12.4 Å². The highest BCUT2D eigenvalue weighted by Gasteiger charge is 2.06. The van der Waals surface area contributed by atoms with Crippen LogP contribution in [0.15, 0.2) is 16.9 Å². The van der Waals surface area contributed by atoms with Gasteiger partial charge in [-0.15, -0.1) is 0 Å². The van der Waals surface area contributed by atoms with E-state index in [9.17, 15) is 0 Å². The normalized spacial score (nSPS) is 10.6. The van der Waals surface area contributed by atoms with E-state index in [0.717, 1.165) is 15.7 Å². The third kappa shape index (κ3) is 2.95. The van der Waals surface area contributed by atoms with Gasteiger partial charge in [0, 0.05) is 31.5 Å². The van der Waals surface area contributed by atoms with Crippen molar-refractivity contribution in [3.05, 3.63) is 33.4 Å². The van der Waals surface area contributed by atoms with Gasteiger partial charge in [-0.05, 0) is 34.5 Å². The molecule has 5 nitrogen and oxygen atoms in total. The fourth-order valence-electron chi connectivity index (χ4n) is 1.47. The van der Waals surface area contributed by atoms with E-state index in [1.54, 1.807) is 10.9 Å². The van der Waals surface area contributed by atoms with Crippen molar-refractivity contribution >= 4 is 33.3 Å². The van der Waals surface area contributed by atoms with Crippen molar-refractivity contribution in [2.75, 3.05) is 5.32 Å². The number of hydrogen-bond acceptors (Lipinski definition) is 4. The molecule has 2 heterocycles. The van der Waals surface area contributed by atoms with Gasteiger partial charge in [0.25, 0.3) is 0 Å². The molecular weight excluding hydrogens is 306 g/mol. The SMILES string of the molecule is Cc1nn(C)cc1CNc1nc(Cl)ncc1Br. The molecule has 0 saturated carbocycles. The maximum absolute atomic E-state index is 5.73. The minimum Gasteiger partial charge on any atom is -0.365 e. The summed E-state index contributed by atoms with van der Waals surface area (Å²) in [5.74, 6) is 0.674. The molecule has 0 unspecified atom stereocenters. The van der Waals surface area contributed by atoms with Crippen molar-refractivity contribution in [2.45, 2.75) is 13.5 Å². The molecule has 0 spiro atoms. The monoisotopic (exact) mass is 315 g/mol. The second kappa shape index (κ2) is 5.01. The third-order valence-corrected chi connectivity index (χ3v) is 3.04. The van der Waals surface area contributed by atoms with Gasteiger partial charge in [-0.3, -0.25) is 4.68 Å². The van der Waals surface area contributed by atoms with E-state index in [-0.39, 0.29) is 5.28 Å². The first-order chi connectivity index (χ1) is 8.06. The zero-order valence-corrected chi connectivity index (χ0v) is 11.7. The van der Waals surface area contributed by atoms with Crippen LogP contribution in [0.5, 0.6) is 0 Å². The highest BCUT2D eigenvalue weighted by molar-refractivity contribution is 9.10. The Morgan fingerprint density at radius 2 is 2.29 bits per heavy atom. The molecule has 0 bridgehead atoms. The van der Waals surface area contributed by atoms with Gasteiger partial charge in [-0.2, -0.15) is 10.1 Å². The summed E-state index contributed by atoms with van der Waals surface area (Å²) >= 11 is 9.10. The summed E-state index contributed by atoms with van der Waals surface area (Å²) in [7, 11) is 1.90. The van der Waals surface area contributed by atoms with Gasteiger partial charge >= 0.3 is 0 Å². The Labute approximate surface area is 112 Å². The third-order valence-electron chi connectivity index (χ3n) is 2.28. The highest BCUT2D eigenvalue weighted by atomic mass is 79.9. The lowest BCUT2D eigenvalue weighted by molar-refractivity contribution is 0.756. The Balaban J connectivity index is 2.12. The van der Waals surface area contributed by atoms with Crippen molar-refractivity contribution in [1.29, 1.82) is 0 Å². The Morgan fingerprint density at radius 1 is 1.53 bits per heavy atom. The summed E-state index contributed by atoms with van der Waals surface area (Å²) in [6, 6.07) is 0. The molecule has 2 rings (SSSR count). The van der Waals surface area contributed by atoms with Gasteiger partial charge in [0.05, 0.1) is 10.2 Å². The number of nitrogens with one attached hydrogen (secondary N) is 1.